The lowest BCUT2D eigenvalue weighted by Gasteiger charge is -2.19. The third-order valence-electron chi connectivity index (χ3n) is 4.39. The molecule has 0 spiro atoms. The van der Waals surface area contributed by atoms with Crippen molar-refractivity contribution in [3.05, 3.63) is 95.1 Å². The van der Waals surface area contributed by atoms with Crippen LogP contribution in [0.4, 0.5) is 10.1 Å². The summed E-state index contributed by atoms with van der Waals surface area (Å²) in [6.07, 6.45) is 0. The van der Waals surface area contributed by atoms with E-state index >= 15 is 0 Å². The number of nitrogens with one attached hydrogen (secondary N) is 1. The molecule has 3 aromatic carbocycles. The highest BCUT2D eigenvalue weighted by molar-refractivity contribution is 6.30. The molecule has 146 valence electrons. The fourth-order valence-electron chi connectivity index (χ4n) is 2.98. The number of benzene rings is 3. The standard InChI is InChI=1S/C22H17ClFN3O2/c1-28-19-12-11-15(23)13-18(19)25-20(14-7-3-2-4-8-14)22-27-26-21(29-22)16-9-5-6-10-17(16)24/h2-13,20,25H,1H3/t20-/m0/s1. The maximum Gasteiger partial charge on any atom is 0.250 e. The lowest BCUT2D eigenvalue weighted by molar-refractivity contribution is 0.415. The van der Waals surface area contributed by atoms with E-state index in [1.807, 2.05) is 30.3 Å². The van der Waals surface area contributed by atoms with Crippen LogP contribution in [0, 0.1) is 5.82 Å². The van der Waals surface area contributed by atoms with Gasteiger partial charge in [-0.3, -0.25) is 0 Å². The quantitative estimate of drug-likeness (QED) is 0.440. The predicted molar refractivity (Wildman–Crippen MR) is 110 cm³/mol. The largest absolute Gasteiger partial charge is 0.495 e. The van der Waals surface area contributed by atoms with Gasteiger partial charge in [-0.05, 0) is 35.9 Å². The summed E-state index contributed by atoms with van der Waals surface area (Å²) < 4.78 is 25.4. The van der Waals surface area contributed by atoms with E-state index in [4.69, 9.17) is 20.8 Å². The Morgan fingerprint density at radius 3 is 2.52 bits per heavy atom. The molecule has 0 fully saturated rings. The van der Waals surface area contributed by atoms with Crippen LogP contribution >= 0.6 is 11.6 Å². The second kappa shape index (κ2) is 8.32. The van der Waals surface area contributed by atoms with Gasteiger partial charge in [0.1, 0.15) is 17.6 Å². The van der Waals surface area contributed by atoms with Gasteiger partial charge in [-0.1, -0.05) is 54.1 Å². The van der Waals surface area contributed by atoms with Crippen LogP contribution in [0.3, 0.4) is 0 Å². The molecule has 0 aliphatic rings. The first-order chi connectivity index (χ1) is 14.2. The van der Waals surface area contributed by atoms with Crippen LogP contribution < -0.4 is 10.1 Å². The van der Waals surface area contributed by atoms with Gasteiger partial charge in [0.25, 0.3) is 5.89 Å². The summed E-state index contributed by atoms with van der Waals surface area (Å²) in [5.41, 5.74) is 1.80. The summed E-state index contributed by atoms with van der Waals surface area (Å²) in [4.78, 5) is 0. The summed E-state index contributed by atoms with van der Waals surface area (Å²) in [5.74, 6) is 0.586. The average Bonchev–Trinajstić information content (AvgIpc) is 3.23. The maximum absolute atomic E-state index is 14.1. The summed E-state index contributed by atoms with van der Waals surface area (Å²) in [6, 6.07) is 20.6. The third-order valence-corrected chi connectivity index (χ3v) is 4.62. The summed E-state index contributed by atoms with van der Waals surface area (Å²) in [7, 11) is 1.58. The van der Waals surface area contributed by atoms with Crippen molar-refractivity contribution >= 4 is 17.3 Å². The van der Waals surface area contributed by atoms with Crippen molar-refractivity contribution in [1.82, 2.24) is 10.2 Å². The van der Waals surface area contributed by atoms with Crippen LogP contribution in [-0.2, 0) is 0 Å². The van der Waals surface area contributed by atoms with Gasteiger partial charge >= 0.3 is 0 Å². The van der Waals surface area contributed by atoms with Crippen molar-refractivity contribution in [3.63, 3.8) is 0 Å². The van der Waals surface area contributed by atoms with Crippen LogP contribution in [0.15, 0.2) is 77.2 Å². The molecule has 29 heavy (non-hydrogen) atoms. The fourth-order valence-corrected chi connectivity index (χ4v) is 3.15. The highest BCUT2D eigenvalue weighted by Gasteiger charge is 2.23. The molecule has 1 aromatic heterocycles. The first-order valence-corrected chi connectivity index (χ1v) is 9.27. The van der Waals surface area contributed by atoms with Crippen LogP contribution in [-0.4, -0.2) is 17.3 Å². The molecule has 4 rings (SSSR count). The molecule has 5 nitrogen and oxygen atoms in total. The lowest BCUT2D eigenvalue weighted by Crippen LogP contribution is -2.13. The Balaban J connectivity index is 1.75. The number of aromatic nitrogens is 2. The summed E-state index contributed by atoms with van der Waals surface area (Å²) in [5, 5.41) is 12.1. The Morgan fingerprint density at radius 1 is 1.00 bits per heavy atom. The molecule has 0 unspecified atom stereocenters. The summed E-state index contributed by atoms with van der Waals surface area (Å²) in [6.45, 7) is 0. The minimum Gasteiger partial charge on any atom is -0.495 e. The molecular formula is C22H17ClFN3O2. The van der Waals surface area contributed by atoms with Crippen molar-refractivity contribution in [3.8, 4) is 17.2 Å². The Kier molecular flexibility index (Phi) is 5.44. The molecule has 0 saturated carbocycles. The van der Waals surface area contributed by atoms with E-state index in [0.29, 0.717) is 16.5 Å². The van der Waals surface area contributed by atoms with E-state index < -0.39 is 11.9 Å². The number of hydrogen-bond acceptors (Lipinski definition) is 5. The first-order valence-electron chi connectivity index (χ1n) is 8.89. The third kappa shape index (κ3) is 4.07. The molecule has 0 saturated heterocycles. The van der Waals surface area contributed by atoms with Crippen LogP contribution in [0.5, 0.6) is 5.75 Å². The normalized spacial score (nSPS) is 11.8. The number of hydrogen-bond donors (Lipinski definition) is 1. The van der Waals surface area contributed by atoms with E-state index in [-0.39, 0.29) is 17.3 Å². The Labute approximate surface area is 172 Å². The molecule has 4 aromatic rings. The van der Waals surface area contributed by atoms with Gasteiger partial charge < -0.3 is 14.5 Å². The van der Waals surface area contributed by atoms with Gasteiger partial charge in [0.2, 0.25) is 5.89 Å². The molecule has 1 N–H and O–H groups in total. The zero-order valence-electron chi connectivity index (χ0n) is 15.5. The maximum atomic E-state index is 14.1. The monoisotopic (exact) mass is 409 g/mol. The minimum atomic E-state index is -0.489. The lowest BCUT2D eigenvalue weighted by atomic mass is 10.1. The van der Waals surface area contributed by atoms with E-state index in [1.165, 1.54) is 6.07 Å². The number of halogens is 2. The summed E-state index contributed by atoms with van der Waals surface area (Å²) >= 11 is 6.16. The number of nitrogens with zero attached hydrogens (tertiary/aromatic N) is 2. The van der Waals surface area contributed by atoms with Gasteiger partial charge in [-0.2, -0.15) is 0 Å². The molecule has 0 bridgehead atoms. The number of rotatable bonds is 6. The van der Waals surface area contributed by atoms with Gasteiger partial charge in [0, 0.05) is 5.02 Å². The van der Waals surface area contributed by atoms with Gasteiger partial charge in [-0.25, -0.2) is 4.39 Å². The minimum absolute atomic E-state index is 0.110. The SMILES string of the molecule is COc1ccc(Cl)cc1N[C@@H](c1ccccc1)c1nnc(-c2ccccc2F)o1. The second-order valence-corrected chi connectivity index (χ2v) is 6.69. The van der Waals surface area contributed by atoms with Crippen LogP contribution in [0.1, 0.15) is 17.5 Å². The molecule has 0 radical (unpaired) electrons. The molecule has 7 heteroatoms. The van der Waals surface area contributed by atoms with Crippen molar-refractivity contribution in [2.45, 2.75) is 6.04 Å². The highest BCUT2D eigenvalue weighted by Crippen LogP contribution is 2.34. The Morgan fingerprint density at radius 2 is 1.76 bits per heavy atom. The van der Waals surface area contributed by atoms with Crippen molar-refractivity contribution in [2.24, 2.45) is 0 Å². The van der Waals surface area contributed by atoms with Gasteiger partial charge in [-0.15, -0.1) is 10.2 Å². The molecule has 0 aliphatic heterocycles. The Hall–Kier alpha value is -3.38. The second-order valence-electron chi connectivity index (χ2n) is 6.26. The smallest absolute Gasteiger partial charge is 0.250 e. The van der Waals surface area contributed by atoms with Gasteiger partial charge in [0.05, 0.1) is 18.4 Å². The van der Waals surface area contributed by atoms with Crippen molar-refractivity contribution in [2.75, 3.05) is 12.4 Å². The van der Waals surface area contributed by atoms with Crippen molar-refractivity contribution < 1.29 is 13.5 Å². The number of methoxy groups -OCH3 is 1. The van der Waals surface area contributed by atoms with Gasteiger partial charge in [0.15, 0.2) is 0 Å². The Bertz CT molecular complexity index is 1120. The van der Waals surface area contributed by atoms with Crippen LogP contribution in [0.25, 0.3) is 11.5 Å². The molecular weight excluding hydrogens is 393 g/mol. The molecule has 0 amide bonds. The highest BCUT2D eigenvalue weighted by atomic mass is 35.5. The number of ether oxygens (including phenoxy) is 1. The van der Waals surface area contributed by atoms with Crippen LogP contribution in [0.2, 0.25) is 5.02 Å². The average molecular weight is 410 g/mol. The van der Waals surface area contributed by atoms with E-state index in [2.05, 4.69) is 15.5 Å². The van der Waals surface area contributed by atoms with E-state index in [9.17, 15) is 4.39 Å². The fraction of sp³-hybridized carbons (Fsp3) is 0.0909. The zero-order chi connectivity index (χ0) is 20.2. The molecule has 0 aliphatic carbocycles. The number of anilines is 1. The predicted octanol–water partition coefficient (Wildman–Crippen LogP) is 5.74. The van der Waals surface area contributed by atoms with Crippen molar-refractivity contribution in [1.29, 1.82) is 0 Å². The first kappa shape index (κ1) is 19.0. The van der Waals surface area contributed by atoms with E-state index in [0.717, 1.165) is 5.56 Å². The molecule has 1 atom stereocenters. The topological polar surface area (TPSA) is 60.2 Å². The zero-order valence-corrected chi connectivity index (χ0v) is 16.2. The van der Waals surface area contributed by atoms with E-state index in [1.54, 1.807) is 43.5 Å². The molecule has 1 heterocycles.